The van der Waals surface area contributed by atoms with E-state index in [-0.39, 0.29) is 5.54 Å². The van der Waals surface area contributed by atoms with Gasteiger partial charge in [-0.2, -0.15) is 5.10 Å². The Balaban J connectivity index is 2.90. The molecule has 1 rings (SSSR count). The minimum Gasteiger partial charge on any atom is -0.303 e. The summed E-state index contributed by atoms with van der Waals surface area (Å²) < 4.78 is 1.94. The lowest BCUT2D eigenvalue weighted by Crippen LogP contribution is -2.48. The molecule has 0 bridgehead atoms. The molecule has 0 unspecified atom stereocenters. The van der Waals surface area contributed by atoms with Gasteiger partial charge < -0.3 is 5.32 Å². The number of nitrogens with one attached hydrogen (secondary N) is 1. The molecule has 19 heavy (non-hydrogen) atoms. The second-order valence-corrected chi connectivity index (χ2v) is 5.54. The second kappa shape index (κ2) is 7.72. The Bertz CT molecular complexity index is 392. The first kappa shape index (κ1) is 17.1. The lowest BCUT2D eigenvalue weighted by atomic mass is 10.0. The van der Waals surface area contributed by atoms with Gasteiger partial charge in [0, 0.05) is 30.4 Å². The van der Waals surface area contributed by atoms with Crippen molar-refractivity contribution in [1.82, 2.24) is 15.1 Å². The summed E-state index contributed by atoms with van der Waals surface area (Å²) in [6.45, 7) is 7.63. The van der Waals surface area contributed by atoms with Gasteiger partial charge in [0.2, 0.25) is 0 Å². The third kappa shape index (κ3) is 3.78. The SMILES string of the molecule is CCc1nn(CC)c(CNC(CC)(CCl)CCl)c1Cl. The van der Waals surface area contributed by atoms with Gasteiger partial charge in [0.25, 0.3) is 0 Å². The largest absolute Gasteiger partial charge is 0.303 e. The molecule has 1 aromatic heterocycles. The molecule has 0 aliphatic carbocycles. The Morgan fingerprint density at radius 1 is 1.21 bits per heavy atom. The van der Waals surface area contributed by atoms with Gasteiger partial charge in [0.15, 0.2) is 0 Å². The van der Waals surface area contributed by atoms with Crippen LogP contribution in [0.3, 0.4) is 0 Å². The first-order chi connectivity index (χ1) is 9.07. The van der Waals surface area contributed by atoms with Crippen LogP contribution in [0.1, 0.15) is 38.6 Å². The van der Waals surface area contributed by atoms with Crippen molar-refractivity contribution in [3.63, 3.8) is 0 Å². The molecule has 110 valence electrons. The normalized spacial score (nSPS) is 12.1. The minimum atomic E-state index is -0.248. The standard InChI is InChI=1S/C13H22Cl3N3/c1-4-10-12(16)11(19(6-3)18-10)7-17-13(5-2,8-14)9-15/h17H,4-9H2,1-3H3. The fraction of sp³-hybridized carbons (Fsp3) is 0.769. The summed E-state index contributed by atoms with van der Waals surface area (Å²) in [5.41, 5.74) is 1.70. The maximum absolute atomic E-state index is 6.38. The van der Waals surface area contributed by atoms with E-state index in [1.54, 1.807) is 0 Å². The van der Waals surface area contributed by atoms with Gasteiger partial charge in [0.05, 0.1) is 16.4 Å². The van der Waals surface area contributed by atoms with Gasteiger partial charge in [-0.3, -0.25) is 4.68 Å². The summed E-state index contributed by atoms with van der Waals surface area (Å²) in [5, 5.41) is 8.70. The van der Waals surface area contributed by atoms with Crippen LogP contribution >= 0.6 is 34.8 Å². The van der Waals surface area contributed by atoms with E-state index in [4.69, 9.17) is 34.8 Å². The fourth-order valence-corrected chi connectivity index (χ4v) is 3.09. The Kier molecular flexibility index (Phi) is 6.95. The zero-order valence-electron chi connectivity index (χ0n) is 11.8. The van der Waals surface area contributed by atoms with Crippen LogP contribution in [-0.2, 0) is 19.5 Å². The second-order valence-electron chi connectivity index (χ2n) is 4.63. The van der Waals surface area contributed by atoms with Crippen LogP contribution in [0.25, 0.3) is 0 Å². The van der Waals surface area contributed by atoms with Crippen molar-refractivity contribution in [1.29, 1.82) is 0 Å². The van der Waals surface area contributed by atoms with Crippen LogP contribution in [0.15, 0.2) is 0 Å². The Morgan fingerprint density at radius 3 is 2.26 bits per heavy atom. The maximum atomic E-state index is 6.38. The van der Waals surface area contributed by atoms with Gasteiger partial charge in [0.1, 0.15) is 0 Å². The molecule has 3 nitrogen and oxygen atoms in total. The summed E-state index contributed by atoms with van der Waals surface area (Å²) in [6, 6.07) is 0. The lowest BCUT2D eigenvalue weighted by molar-refractivity contribution is 0.377. The Morgan fingerprint density at radius 2 is 1.84 bits per heavy atom. The summed E-state index contributed by atoms with van der Waals surface area (Å²) in [5.74, 6) is 0.955. The van der Waals surface area contributed by atoms with E-state index in [0.717, 1.165) is 35.8 Å². The third-order valence-corrected chi connectivity index (χ3v) is 4.97. The highest BCUT2D eigenvalue weighted by Crippen LogP contribution is 2.23. The molecule has 1 N–H and O–H groups in total. The Hall–Kier alpha value is 0.0400. The van der Waals surface area contributed by atoms with Gasteiger partial charge >= 0.3 is 0 Å². The van der Waals surface area contributed by atoms with E-state index in [1.165, 1.54) is 0 Å². The highest BCUT2D eigenvalue weighted by molar-refractivity contribution is 6.31. The molecule has 0 aliphatic heterocycles. The summed E-state index contributed by atoms with van der Waals surface area (Å²) in [6.07, 6.45) is 1.71. The number of aromatic nitrogens is 2. The van der Waals surface area contributed by atoms with Crippen molar-refractivity contribution in [3.05, 3.63) is 16.4 Å². The van der Waals surface area contributed by atoms with E-state index < -0.39 is 0 Å². The predicted octanol–water partition coefficient (Wildman–Crippen LogP) is 3.83. The molecule has 0 radical (unpaired) electrons. The molecule has 1 aromatic rings. The van der Waals surface area contributed by atoms with Crippen molar-refractivity contribution >= 4 is 34.8 Å². The van der Waals surface area contributed by atoms with Crippen LogP contribution in [0.2, 0.25) is 5.02 Å². The average Bonchev–Trinajstić information content (AvgIpc) is 2.77. The molecule has 0 spiro atoms. The fourth-order valence-electron chi connectivity index (χ4n) is 1.90. The zero-order chi connectivity index (χ0) is 14.5. The molecule has 0 amide bonds. The molecule has 0 saturated carbocycles. The molecule has 0 saturated heterocycles. The van der Waals surface area contributed by atoms with E-state index >= 15 is 0 Å². The monoisotopic (exact) mass is 325 g/mol. The van der Waals surface area contributed by atoms with Crippen molar-refractivity contribution in [2.45, 2.75) is 52.2 Å². The first-order valence-electron chi connectivity index (χ1n) is 6.68. The summed E-state index contributed by atoms with van der Waals surface area (Å²) >= 11 is 18.4. The van der Waals surface area contributed by atoms with Crippen LogP contribution < -0.4 is 5.32 Å². The number of aryl methyl sites for hydroxylation is 2. The number of alkyl halides is 2. The van der Waals surface area contributed by atoms with Crippen molar-refractivity contribution in [2.24, 2.45) is 0 Å². The van der Waals surface area contributed by atoms with Gasteiger partial charge in [-0.05, 0) is 19.8 Å². The van der Waals surface area contributed by atoms with Crippen molar-refractivity contribution < 1.29 is 0 Å². The summed E-state index contributed by atoms with van der Waals surface area (Å²) in [7, 11) is 0. The van der Waals surface area contributed by atoms with Crippen LogP contribution in [0.5, 0.6) is 0 Å². The number of nitrogens with zero attached hydrogens (tertiary/aromatic N) is 2. The molecule has 1 heterocycles. The molecule has 6 heteroatoms. The van der Waals surface area contributed by atoms with Crippen molar-refractivity contribution in [2.75, 3.05) is 11.8 Å². The quantitative estimate of drug-likeness (QED) is 0.736. The first-order valence-corrected chi connectivity index (χ1v) is 8.13. The molecule has 0 aliphatic rings. The van der Waals surface area contributed by atoms with Gasteiger partial charge in [-0.1, -0.05) is 25.4 Å². The lowest BCUT2D eigenvalue weighted by Gasteiger charge is -2.29. The number of halogens is 3. The third-order valence-electron chi connectivity index (χ3n) is 3.51. The van der Waals surface area contributed by atoms with E-state index in [2.05, 4.69) is 31.2 Å². The van der Waals surface area contributed by atoms with Gasteiger partial charge in [-0.25, -0.2) is 0 Å². The Labute approximate surface area is 130 Å². The molecule has 0 fully saturated rings. The number of hydrogen-bond donors (Lipinski definition) is 1. The number of hydrogen-bond acceptors (Lipinski definition) is 2. The number of rotatable bonds is 8. The molecular weight excluding hydrogens is 305 g/mol. The van der Waals surface area contributed by atoms with Crippen LogP contribution in [0, 0.1) is 0 Å². The molecular formula is C13H22Cl3N3. The average molecular weight is 327 g/mol. The predicted molar refractivity (Wildman–Crippen MR) is 83.6 cm³/mol. The van der Waals surface area contributed by atoms with E-state index in [9.17, 15) is 0 Å². The maximum Gasteiger partial charge on any atom is 0.0863 e. The smallest absolute Gasteiger partial charge is 0.0863 e. The van der Waals surface area contributed by atoms with Crippen LogP contribution in [0.4, 0.5) is 0 Å². The zero-order valence-corrected chi connectivity index (χ0v) is 14.0. The highest BCUT2D eigenvalue weighted by Gasteiger charge is 2.26. The topological polar surface area (TPSA) is 29.9 Å². The van der Waals surface area contributed by atoms with Crippen LogP contribution in [-0.4, -0.2) is 27.1 Å². The summed E-state index contributed by atoms with van der Waals surface area (Å²) in [4.78, 5) is 0. The molecule has 0 atom stereocenters. The van der Waals surface area contributed by atoms with E-state index in [0.29, 0.717) is 18.3 Å². The van der Waals surface area contributed by atoms with Crippen molar-refractivity contribution in [3.8, 4) is 0 Å². The molecule has 0 aromatic carbocycles. The highest BCUT2D eigenvalue weighted by atomic mass is 35.5. The van der Waals surface area contributed by atoms with Gasteiger partial charge in [-0.15, -0.1) is 23.2 Å². The van der Waals surface area contributed by atoms with E-state index in [1.807, 2.05) is 4.68 Å². The minimum absolute atomic E-state index is 0.248.